The molecule has 248 valence electrons. The van der Waals surface area contributed by atoms with Crippen molar-refractivity contribution in [1.82, 2.24) is 10.1 Å². The number of nitrogens with zero attached hydrogens (tertiary/aromatic N) is 2. The van der Waals surface area contributed by atoms with Crippen LogP contribution < -0.4 is 10.5 Å². The molecule has 15 heteroatoms. The first-order valence-electron chi connectivity index (χ1n) is 14.8. The lowest BCUT2D eigenvalue weighted by Gasteiger charge is -2.53. The van der Waals surface area contributed by atoms with E-state index in [1.807, 2.05) is 0 Å². The number of phenols is 1. The van der Waals surface area contributed by atoms with Crippen LogP contribution in [0.2, 0.25) is 0 Å². The number of aryl methyl sites for hydroxylation is 2. The molecule has 0 bridgehead atoms. The zero-order valence-corrected chi connectivity index (χ0v) is 26.7. The van der Waals surface area contributed by atoms with E-state index in [4.69, 9.17) is 10.3 Å². The summed E-state index contributed by atoms with van der Waals surface area (Å²) in [7, 11) is -0.832. The number of fused-ring (bicyclic) bond motifs is 3. The van der Waals surface area contributed by atoms with Crippen LogP contribution in [0.25, 0.3) is 16.9 Å². The summed E-state index contributed by atoms with van der Waals surface area (Å²) in [6, 6.07) is 8.36. The number of phenolic OH excluding ortho intramolecular Hbond substituents is 1. The van der Waals surface area contributed by atoms with E-state index >= 15 is 0 Å². The van der Waals surface area contributed by atoms with Gasteiger partial charge in [0.15, 0.2) is 22.0 Å². The van der Waals surface area contributed by atoms with Gasteiger partial charge in [-0.05, 0) is 81.6 Å². The molecule has 2 fully saturated rings. The number of Topliss-reactive ketones (excluding diaryl/α,β-unsaturated/α-hetero) is 2. The second-order valence-electron chi connectivity index (χ2n) is 12.6. The number of nitrogens with two attached hydrogens (primary N) is 1. The van der Waals surface area contributed by atoms with E-state index < -0.39 is 68.8 Å². The first-order valence-corrected chi connectivity index (χ1v) is 16.3. The number of hydrogen-bond donors (Lipinski definition) is 6. The quantitative estimate of drug-likeness (QED) is 0.204. The Morgan fingerprint density at radius 1 is 1.11 bits per heavy atom. The summed E-state index contributed by atoms with van der Waals surface area (Å²) >= 11 is 0. The molecule has 0 aliphatic heterocycles. The number of carbonyl (C=O) groups excluding carboxylic acids is 3. The molecular formula is C32H34N4O10S. The van der Waals surface area contributed by atoms with E-state index in [0.29, 0.717) is 16.7 Å². The highest BCUT2D eigenvalue weighted by Gasteiger charge is 2.67. The summed E-state index contributed by atoms with van der Waals surface area (Å²) in [4.78, 5) is 41.2. The molecule has 2 saturated carbocycles. The van der Waals surface area contributed by atoms with Crippen LogP contribution in [0.5, 0.6) is 5.75 Å². The highest BCUT2D eigenvalue weighted by Crippen LogP contribution is 2.53. The topological polar surface area (TPSA) is 234 Å². The average molecular weight is 667 g/mol. The molecule has 3 aliphatic carbocycles. The Kier molecular flexibility index (Phi) is 7.58. The van der Waals surface area contributed by atoms with Crippen LogP contribution in [-0.4, -0.2) is 88.2 Å². The van der Waals surface area contributed by atoms with E-state index in [1.165, 1.54) is 24.8 Å². The fourth-order valence-electron chi connectivity index (χ4n) is 7.66. The summed E-state index contributed by atoms with van der Waals surface area (Å²) in [6.45, 7) is 3.01. The highest BCUT2D eigenvalue weighted by molar-refractivity contribution is 7.92. The minimum atomic E-state index is -4.00. The molecule has 1 aromatic heterocycles. The number of amides is 1. The van der Waals surface area contributed by atoms with Gasteiger partial charge in [-0.2, -0.15) is 0 Å². The molecule has 0 spiro atoms. The lowest BCUT2D eigenvalue weighted by atomic mass is 9.54. The third kappa shape index (κ3) is 4.75. The van der Waals surface area contributed by atoms with Crippen molar-refractivity contribution in [3.63, 3.8) is 0 Å². The number of sulfonamides is 1. The van der Waals surface area contributed by atoms with Gasteiger partial charge in [-0.1, -0.05) is 23.4 Å². The summed E-state index contributed by atoms with van der Waals surface area (Å²) in [5.41, 5.74) is 4.52. The van der Waals surface area contributed by atoms with Gasteiger partial charge in [0.1, 0.15) is 23.1 Å². The molecule has 6 rings (SSSR count). The zero-order valence-electron chi connectivity index (χ0n) is 25.9. The molecule has 47 heavy (non-hydrogen) atoms. The predicted octanol–water partition coefficient (Wildman–Crippen LogP) is 1.20. The lowest BCUT2D eigenvalue weighted by Crippen LogP contribution is -2.73. The van der Waals surface area contributed by atoms with Gasteiger partial charge >= 0.3 is 0 Å². The van der Waals surface area contributed by atoms with Crippen molar-refractivity contribution >= 4 is 38.9 Å². The number of primary amides is 1. The number of rotatable bonds is 6. The first-order chi connectivity index (χ1) is 22.0. The fourth-order valence-corrected chi connectivity index (χ4v) is 9.05. The van der Waals surface area contributed by atoms with E-state index in [-0.39, 0.29) is 51.8 Å². The van der Waals surface area contributed by atoms with Crippen molar-refractivity contribution < 1.29 is 47.8 Å². The molecule has 1 amide bonds. The molecule has 3 aromatic rings. The highest BCUT2D eigenvalue weighted by atomic mass is 32.2. The third-order valence-electron chi connectivity index (χ3n) is 9.66. The number of hydrogen-bond acceptors (Lipinski definition) is 12. The predicted molar refractivity (Wildman–Crippen MR) is 166 cm³/mol. The number of aromatic hydroxyl groups is 1. The van der Waals surface area contributed by atoms with Crippen LogP contribution in [0.15, 0.2) is 51.4 Å². The van der Waals surface area contributed by atoms with Crippen LogP contribution >= 0.6 is 0 Å². The van der Waals surface area contributed by atoms with Crippen molar-refractivity contribution in [2.45, 2.75) is 49.3 Å². The fraction of sp³-hybridized carbons (Fsp3) is 0.375. The molecular weight excluding hydrogens is 632 g/mol. The lowest BCUT2D eigenvalue weighted by molar-refractivity contribution is -0.184. The van der Waals surface area contributed by atoms with E-state index in [9.17, 15) is 43.2 Å². The monoisotopic (exact) mass is 666 g/mol. The average Bonchev–Trinajstić information content (AvgIpc) is 3.33. The Morgan fingerprint density at radius 2 is 1.77 bits per heavy atom. The Hall–Kier alpha value is -4.57. The summed E-state index contributed by atoms with van der Waals surface area (Å²) in [5.74, 6) is -8.03. The number of anilines is 1. The number of aliphatic hydroxyl groups is 3. The molecule has 2 aromatic carbocycles. The maximum absolute atomic E-state index is 14.0. The number of aromatic nitrogens is 1. The largest absolute Gasteiger partial charge is 0.507 e. The van der Waals surface area contributed by atoms with Gasteiger partial charge < -0.3 is 35.6 Å². The van der Waals surface area contributed by atoms with Crippen molar-refractivity contribution in [2.75, 3.05) is 18.8 Å². The van der Waals surface area contributed by atoms with Gasteiger partial charge in [0.2, 0.25) is 11.7 Å². The molecule has 14 nitrogen and oxygen atoms in total. The molecule has 6 atom stereocenters. The molecule has 7 N–H and O–H groups in total. The van der Waals surface area contributed by atoms with Crippen LogP contribution in [-0.2, 0) is 30.8 Å². The normalized spacial score (nSPS) is 27.3. The van der Waals surface area contributed by atoms with Gasteiger partial charge in [-0.3, -0.25) is 19.1 Å². The minimum absolute atomic E-state index is 0.0181. The van der Waals surface area contributed by atoms with Crippen LogP contribution in [0.3, 0.4) is 0 Å². The number of carbonyl (C=O) groups is 3. The van der Waals surface area contributed by atoms with Gasteiger partial charge in [0.05, 0.1) is 11.7 Å². The number of ketones is 2. The molecule has 1 heterocycles. The Bertz CT molecular complexity index is 1960. The van der Waals surface area contributed by atoms with Gasteiger partial charge in [0.25, 0.3) is 10.0 Å². The molecule has 3 aliphatic rings. The minimum Gasteiger partial charge on any atom is -0.507 e. The van der Waals surface area contributed by atoms with Crippen LogP contribution in [0, 0.1) is 31.6 Å². The Balaban J connectivity index is 1.40. The van der Waals surface area contributed by atoms with Crippen molar-refractivity contribution in [1.29, 1.82) is 0 Å². The SMILES string of the molecule is Cc1noc(C)c1S(=O)(=O)Nc1ccc(-c2ccc(O)c3c2C[C@H]2C[C@H]4[C@H](N(C)C)C(O)[C@@H](C(N)=O)C(=O)[C@@]4(O)C(=O)C2=C3O)cc1. The summed E-state index contributed by atoms with van der Waals surface area (Å²) < 4.78 is 33.5. The second kappa shape index (κ2) is 11.0. The van der Waals surface area contributed by atoms with Crippen LogP contribution in [0.4, 0.5) is 5.69 Å². The number of aliphatic hydroxyl groups excluding tert-OH is 2. The standard InChI is InChI=1S/C32H34N4O10S/c1-13-28(14(2)46-34-13)47(44,45)35-17-7-5-15(6-8-17)18-9-10-21(37)23-19(18)11-16-12-20-25(36(3)4)27(39)24(31(33)42)30(41)32(20,43)29(40)22(16)26(23)38/h5-10,16,20,24-25,27,35,37-39,43H,11-12H2,1-4H3,(H2,33,42)/t16-,20-,24+,25-,27?,32-/m0/s1. The number of benzene rings is 2. The smallest absolute Gasteiger partial charge is 0.267 e. The maximum Gasteiger partial charge on any atom is 0.267 e. The maximum atomic E-state index is 14.0. The zero-order chi connectivity index (χ0) is 34.3. The van der Waals surface area contributed by atoms with Gasteiger partial charge in [0, 0.05) is 23.2 Å². The van der Waals surface area contributed by atoms with E-state index in [0.717, 1.165) is 0 Å². The van der Waals surface area contributed by atoms with Crippen molar-refractivity contribution in [2.24, 2.45) is 23.5 Å². The first kappa shape index (κ1) is 32.4. The number of likely N-dealkylation sites (N-methyl/N-ethyl adjacent to an activating group) is 1. The van der Waals surface area contributed by atoms with Gasteiger partial charge in [-0.15, -0.1) is 0 Å². The Morgan fingerprint density at radius 3 is 2.34 bits per heavy atom. The van der Waals surface area contributed by atoms with E-state index in [1.54, 1.807) is 44.4 Å². The van der Waals surface area contributed by atoms with Crippen LogP contribution in [0.1, 0.15) is 29.0 Å². The summed E-state index contributed by atoms with van der Waals surface area (Å²) in [5, 5.41) is 48.9. The Labute approximate surface area is 269 Å². The molecule has 1 unspecified atom stereocenters. The van der Waals surface area contributed by atoms with Crippen molar-refractivity contribution in [3.05, 3.63) is 64.6 Å². The van der Waals surface area contributed by atoms with Gasteiger partial charge in [-0.25, -0.2) is 8.42 Å². The van der Waals surface area contributed by atoms with Crippen molar-refractivity contribution in [3.8, 4) is 16.9 Å². The number of nitrogens with one attached hydrogen (secondary N) is 1. The van der Waals surface area contributed by atoms with E-state index in [2.05, 4.69) is 9.88 Å². The third-order valence-corrected chi connectivity index (χ3v) is 11.3. The summed E-state index contributed by atoms with van der Waals surface area (Å²) in [6.07, 6.45) is -1.49. The molecule has 0 radical (unpaired) electrons. The second-order valence-corrected chi connectivity index (χ2v) is 14.2. The molecule has 0 saturated heterocycles.